The smallest absolute Gasteiger partial charge is 0.328 e. The van der Waals surface area contributed by atoms with Crippen molar-refractivity contribution in [2.75, 3.05) is 36.4 Å². The largest absolute Gasteiger partial charge is 0.464 e. The molecule has 7 nitrogen and oxygen atoms in total. The van der Waals surface area contributed by atoms with Gasteiger partial charge in [-0.3, -0.25) is 9.59 Å². The Morgan fingerprint density at radius 3 is 2.24 bits per heavy atom. The summed E-state index contributed by atoms with van der Waals surface area (Å²) >= 11 is 11.9. The summed E-state index contributed by atoms with van der Waals surface area (Å²) in [6.07, 6.45) is 0.983. The number of nitrogens with zero attached hydrogens (tertiary/aromatic N) is 1. The average Bonchev–Trinajstić information content (AvgIpc) is 2.84. The molecule has 9 heteroatoms. The first-order chi connectivity index (χ1) is 16.5. The van der Waals surface area contributed by atoms with E-state index in [0.29, 0.717) is 31.3 Å². The molecule has 0 fully saturated rings. The number of carbonyl (C=O) groups is 3. The molecular formula is C25H31Cl2N3O4. The molecular weight excluding hydrogens is 477 g/mol. The van der Waals surface area contributed by atoms with Crippen LogP contribution in [0, 0.1) is 0 Å². The molecule has 0 aliphatic heterocycles. The van der Waals surface area contributed by atoms with Crippen LogP contribution in [-0.4, -0.2) is 61.8 Å². The molecule has 0 bridgehead atoms. The fraction of sp³-hybridized carbons (Fsp3) is 0.400. The third kappa shape index (κ3) is 8.54. The summed E-state index contributed by atoms with van der Waals surface area (Å²) in [6.45, 7) is 3.08. The lowest BCUT2D eigenvalue weighted by Crippen LogP contribution is -2.52. The molecule has 0 aromatic heterocycles. The molecule has 34 heavy (non-hydrogen) atoms. The lowest BCUT2D eigenvalue weighted by atomic mass is 10.0. The van der Waals surface area contributed by atoms with Crippen molar-refractivity contribution in [2.24, 2.45) is 0 Å². The van der Waals surface area contributed by atoms with E-state index in [-0.39, 0.29) is 19.4 Å². The molecule has 2 atom stereocenters. The van der Waals surface area contributed by atoms with Gasteiger partial charge in [0.15, 0.2) is 0 Å². The third-order valence-electron chi connectivity index (χ3n) is 5.22. The number of ether oxygens (including phenoxy) is 1. The van der Waals surface area contributed by atoms with Crippen LogP contribution in [0.1, 0.15) is 18.1 Å². The number of hydrogen-bond donors (Lipinski definition) is 2. The fourth-order valence-corrected chi connectivity index (χ4v) is 4.04. The van der Waals surface area contributed by atoms with Crippen molar-refractivity contribution in [3.8, 4) is 0 Å². The van der Waals surface area contributed by atoms with Crippen LogP contribution in [0.5, 0.6) is 0 Å². The monoisotopic (exact) mass is 507 g/mol. The van der Waals surface area contributed by atoms with Crippen LogP contribution in [-0.2, 0) is 32.0 Å². The number of para-hydroxylation sites is 1. The Morgan fingerprint density at radius 1 is 0.971 bits per heavy atom. The van der Waals surface area contributed by atoms with Crippen molar-refractivity contribution in [3.05, 3.63) is 65.7 Å². The number of amides is 2. The van der Waals surface area contributed by atoms with Crippen molar-refractivity contribution in [3.63, 3.8) is 0 Å². The maximum absolute atomic E-state index is 13.2. The zero-order chi connectivity index (χ0) is 24.8. The van der Waals surface area contributed by atoms with Gasteiger partial charge in [-0.2, -0.15) is 0 Å². The Bertz CT molecular complexity index is 908. The zero-order valence-corrected chi connectivity index (χ0v) is 20.7. The molecule has 2 aromatic carbocycles. The Hall–Kier alpha value is -2.77. The van der Waals surface area contributed by atoms with E-state index in [0.717, 1.165) is 16.8 Å². The van der Waals surface area contributed by atoms with Gasteiger partial charge >= 0.3 is 5.97 Å². The normalized spacial score (nSPS) is 12.3. The summed E-state index contributed by atoms with van der Waals surface area (Å²) in [4.78, 5) is 39.1. The van der Waals surface area contributed by atoms with E-state index in [1.165, 1.54) is 0 Å². The lowest BCUT2D eigenvalue weighted by Gasteiger charge is -2.27. The molecule has 0 radical (unpaired) electrons. The standard InChI is InChI=1S/C25H31Cl2N3O4/c1-2-34-25(33)22(16-19-8-4-3-5-9-19)29-24(32)21(28-18-31)17-20-10-6-7-11-23(20)30(14-12-26)15-13-27/h3-11,18,21-22H,2,12-17H2,1H3,(H,28,31)(H,29,32)/t21-,22-/m0/s1. The van der Waals surface area contributed by atoms with Gasteiger partial charge in [-0.25, -0.2) is 4.79 Å². The van der Waals surface area contributed by atoms with Crippen molar-refractivity contribution in [1.82, 2.24) is 10.6 Å². The van der Waals surface area contributed by atoms with Crippen molar-refractivity contribution < 1.29 is 19.1 Å². The minimum atomic E-state index is -0.889. The highest BCUT2D eigenvalue weighted by atomic mass is 35.5. The second-order valence-electron chi connectivity index (χ2n) is 7.54. The van der Waals surface area contributed by atoms with Gasteiger partial charge in [0, 0.05) is 43.4 Å². The second-order valence-corrected chi connectivity index (χ2v) is 8.29. The number of hydrogen-bond acceptors (Lipinski definition) is 5. The van der Waals surface area contributed by atoms with E-state index in [9.17, 15) is 14.4 Å². The van der Waals surface area contributed by atoms with Crippen LogP contribution in [0.4, 0.5) is 5.69 Å². The molecule has 0 unspecified atom stereocenters. The number of anilines is 1. The molecule has 0 heterocycles. The molecule has 2 N–H and O–H groups in total. The molecule has 184 valence electrons. The SMILES string of the molecule is CCOC(=O)[C@H](Cc1ccccc1)NC(=O)[C@H](Cc1ccccc1N(CCCl)CCCl)NC=O. The number of benzene rings is 2. The summed E-state index contributed by atoms with van der Waals surface area (Å²) in [5.74, 6) is -0.164. The Balaban J connectivity index is 2.23. The van der Waals surface area contributed by atoms with Crippen molar-refractivity contribution in [2.45, 2.75) is 31.8 Å². The highest BCUT2D eigenvalue weighted by Crippen LogP contribution is 2.22. The summed E-state index contributed by atoms with van der Waals surface area (Å²) in [5, 5.41) is 5.35. The van der Waals surface area contributed by atoms with E-state index >= 15 is 0 Å². The van der Waals surface area contributed by atoms with Gasteiger partial charge in [0.2, 0.25) is 12.3 Å². The molecule has 0 aliphatic rings. The minimum absolute atomic E-state index is 0.195. The lowest BCUT2D eigenvalue weighted by molar-refractivity contribution is -0.147. The zero-order valence-electron chi connectivity index (χ0n) is 19.2. The van der Waals surface area contributed by atoms with Crippen LogP contribution in [0.25, 0.3) is 0 Å². The maximum Gasteiger partial charge on any atom is 0.328 e. The van der Waals surface area contributed by atoms with Gasteiger partial charge in [0.05, 0.1) is 6.61 Å². The highest BCUT2D eigenvalue weighted by molar-refractivity contribution is 6.18. The van der Waals surface area contributed by atoms with E-state index < -0.39 is 24.0 Å². The maximum atomic E-state index is 13.2. The molecule has 0 aliphatic carbocycles. The number of nitrogens with one attached hydrogen (secondary N) is 2. The predicted octanol–water partition coefficient (Wildman–Crippen LogP) is 2.92. The molecule has 2 rings (SSSR count). The van der Waals surface area contributed by atoms with E-state index in [4.69, 9.17) is 27.9 Å². The topological polar surface area (TPSA) is 87.7 Å². The number of esters is 1. The van der Waals surface area contributed by atoms with E-state index in [2.05, 4.69) is 10.6 Å². The Labute approximate surface area is 210 Å². The van der Waals surface area contributed by atoms with Crippen LogP contribution in [0.3, 0.4) is 0 Å². The summed E-state index contributed by atoms with van der Waals surface area (Å²) in [7, 11) is 0. The third-order valence-corrected chi connectivity index (χ3v) is 5.56. The molecule has 0 saturated heterocycles. The van der Waals surface area contributed by atoms with E-state index in [1.807, 2.05) is 59.5 Å². The van der Waals surface area contributed by atoms with Gasteiger partial charge in [-0.15, -0.1) is 23.2 Å². The summed E-state index contributed by atoms with van der Waals surface area (Å²) < 4.78 is 5.16. The quantitative estimate of drug-likeness (QED) is 0.220. The van der Waals surface area contributed by atoms with Gasteiger partial charge in [0.1, 0.15) is 12.1 Å². The first-order valence-electron chi connectivity index (χ1n) is 11.2. The summed E-state index contributed by atoms with van der Waals surface area (Å²) in [5.41, 5.74) is 2.62. The first-order valence-corrected chi connectivity index (χ1v) is 12.3. The second kappa shape index (κ2) is 15.2. The number of halogens is 2. The number of alkyl halides is 2. The Kier molecular flexibility index (Phi) is 12.3. The average molecular weight is 508 g/mol. The first kappa shape index (κ1) is 27.5. The molecule has 2 amide bonds. The predicted molar refractivity (Wildman–Crippen MR) is 135 cm³/mol. The molecule has 2 aromatic rings. The van der Waals surface area contributed by atoms with Crippen LogP contribution in [0.2, 0.25) is 0 Å². The molecule has 0 saturated carbocycles. The van der Waals surface area contributed by atoms with E-state index in [1.54, 1.807) is 6.92 Å². The number of rotatable bonds is 15. The van der Waals surface area contributed by atoms with Crippen LogP contribution >= 0.6 is 23.2 Å². The van der Waals surface area contributed by atoms with Crippen LogP contribution < -0.4 is 15.5 Å². The van der Waals surface area contributed by atoms with Gasteiger partial charge in [-0.05, 0) is 24.1 Å². The fourth-order valence-electron chi connectivity index (χ4n) is 3.64. The van der Waals surface area contributed by atoms with Gasteiger partial charge < -0.3 is 20.3 Å². The van der Waals surface area contributed by atoms with Crippen molar-refractivity contribution in [1.29, 1.82) is 0 Å². The Morgan fingerprint density at radius 2 is 1.62 bits per heavy atom. The highest BCUT2D eigenvalue weighted by Gasteiger charge is 2.27. The number of carbonyl (C=O) groups excluding carboxylic acids is 3. The van der Waals surface area contributed by atoms with Crippen molar-refractivity contribution >= 4 is 47.2 Å². The van der Waals surface area contributed by atoms with Gasteiger partial charge in [0.25, 0.3) is 0 Å². The minimum Gasteiger partial charge on any atom is -0.464 e. The molecule has 0 spiro atoms. The van der Waals surface area contributed by atoms with Crippen LogP contribution in [0.15, 0.2) is 54.6 Å². The summed E-state index contributed by atoms with van der Waals surface area (Å²) in [6, 6.07) is 15.2. The van der Waals surface area contributed by atoms with Gasteiger partial charge in [-0.1, -0.05) is 48.5 Å².